The van der Waals surface area contributed by atoms with Gasteiger partial charge in [0, 0.05) is 25.1 Å². The third-order valence-electron chi connectivity index (χ3n) is 6.46. The quantitative estimate of drug-likeness (QED) is 0.618. The number of rotatable bonds is 8. The molecular weight excluding hydrogens is 436 g/mol. The molecule has 0 aromatic heterocycles. The first-order valence-corrected chi connectivity index (χ1v) is 11.6. The summed E-state index contributed by atoms with van der Waals surface area (Å²) in [6, 6.07) is 15.5. The summed E-state index contributed by atoms with van der Waals surface area (Å²) < 4.78 is 11.2. The van der Waals surface area contributed by atoms with Crippen molar-refractivity contribution in [3.8, 4) is 11.1 Å². The molecule has 2 aromatic carbocycles. The molecule has 2 N–H and O–H groups in total. The number of carboxylic acids is 1. The number of fused-ring (bicyclic) bond motifs is 3. The van der Waals surface area contributed by atoms with Crippen molar-refractivity contribution < 1.29 is 29.0 Å². The van der Waals surface area contributed by atoms with Gasteiger partial charge in [-0.05, 0) is 42.5 Å². The van der Waals surface area contributed by atoms with Crippen molar-refractivity contribution in [2.45, 2.75) is 50.8 Å². The molecule has 0 radical (unpaired) electrons. The van der Waals surface area contributed by atoms with E-state index in [1.807, 2.05) is 38.1 Å². The topological polar surface area (TPSA) is 105 Å². The molecular formula is C26H30N2O6. The van der Waals surface area contributed by atoms with Gasteiger partial charge in [-0.25, -0.2) is 4.79 Å². The number of carboxylic acid groups (broad SMARTS) is 1. The van der Waals surface area contributed by atoms with E-state index in [0.717, 1.165) is 22.3 Å². The Kier molecular flexibility index (Phi) is 7.17. The summed E-state index contributed by atoms with van der Waals surface area (Å²) in [6.07, 6.45) is -1.14. The maximum Gasteiger partial charge on any atom is 0.407 e. The van der Waals surface area contributed by atoms with Crippen molar-refractivity contribution in [2.75, 3.05) is 19.8 Å². The van der Waals surface area contributed by atoms with Crippen LogP contribution in [-0.4, -0.2) is 65.9 Å². The average Bonchev–Trinajstić information content (AvgIpc) is 3.39. The largest absolute Gasteiger partial charge is 0.481 e. The zero-order chi connectivity index (χ0) is 24.2. The summed E-state index contributed by atoms with van der Waals surface area (Å²) in [5.41, 5.74) is 4.55. The first kappa shape index (κ1) is 23.8. The number of carbonyl (C=O) groups excluding carboxylic acids is 2. The Labute approximate surface area is 198 Å². The zero-order valence-electron chi connectivity index (χ0n) is 19.4. The van der Waals surface area contributed by atoms with Crippen LogP contribution in [-0.2, 0) is 19.1 Å². The van der Waals surface area contributed by atoms with Gasteiger partial charge in [0.15, 0.2) is 6.10 Å². The van der Waals surface area contributed by atoms with Crippen LogP contribution in [0.1, 0.15) is 43.7 Å². The number of carbonyl (C=O) groups is 3. The fraction of sp³-hybridized carbons (Fsp3) is 0.423. The van der Waals surface area contributed by atoms with Gasteiger partial charge in [0.1, 0.15) is 6.61 Å². The van der Waals surface area contributed by atoms with Crippen molar-refractivity contribution in [1.29, 1.82) is 0 Å². The van der Waals surface area contributed by atoms with Crippen LogP contribution in [0.3, 0.4) is 0 Å². The highest BCUT2D eigenvalue weighted by Crippen LogP contribution is 2.44. The van der Waals surface area contributed by atoms with Crippen molar-refractivity contribution in [1.82, 2.24) is 10.2 Å². The monoisotopic (exact) mass is 466 g/mol. The van der Waals surface area contributed by atoms with Gasteiger partial charge < -0.3 is 24.8 Å². The molecule has 1 saturated heterocycles. The fourth-order valence-corrected chi connectivity index (χ4v) is 4.77. The van der Waals surface area contributed by atoms with Gasteiger partial charge in [0.2, 0.25) is 0 Å². The van der Waals surface area contributed by atoms with E-state index in [1.165, 1.54) is 4.90 Å². The van der Waals surface area contributed by atoms with Crippen LogP contribution in [0.4, 0.5) is 4.79 Å². The van der Waals surface area contributed by atoms with Gasteiger partial charge in [0.25, 0.3) is 5.91 Å². The Bertz CT molecular complexity index is 1020. The molecule has 1 aliphatic carbocycles. The Morgan fingerprint density at radius 3 is 2.29 bits per heavy atom. The SMILES string of the molecule is CC(C)N(CCC(=O)O)C(=O)C1OCCC1NC(=O)OCC1c2ccccc2-c2ccccc21. The fourth-order valence-electron chi connectivity index (χ4n) is 4.77. The first-order chi connectivity index (χ1) is 16.4. The van der Waals surface area contributed by atoms with E-state index in [-0.39, 0.29) is 37.4 Å². The molecule has 2 unspecified atom stereocenters. The number of nitrogens with zero attached hydrogens (tertiary/aromatic N) is 1. The minimum absolute atomic E-state index is 0.0529. The number of alkyl carbamates (subject to hydrolysis) is 1. The molecule has 0 saturated carbocycles. The van der Waals surface area contributed by atoms with Gasteiger partial charge in [0.05, 0.1) is 12.5 Å². The van der Waals surface area contributed by atoms with E-state index in [9.17, 15) is 14.4 Å². The molecule has 1 aliphatic heterocycles. The Morgan fingerprint density at radius 2 is 1.71 bits per heavy atom. The molecule has 0 spiro atoms. The lowest BCUT2D eigenvalue weighted by molar-refractivity contribution is -0.145. The highest BCUT2D eigenvalue weighted by Gasteiger charge is 2.39. The third kappa shape index (κ3) is 4.92. The Morgan fingerprint density at radius 1 is 1.09 bits per heavy atom. The normalized spacial score (nSPS) is 18.9. The highest BCUT2D eigenvalue weighted by molar-refractivity contribution is 5.84. The summed E-state index contributed by atoms with van der Waals surface area (Å²) in [6.45, 7) is 4.24. The first-order valence-electron chi connectivity index (χ1n) is 11.6. The van der Waals surface area contributed by atoms with Crippen LogP contribution >= 0.6 is 0 Å². The summed E-state index contributed by atoms with van der Waals surface area (Å²) in [5, 5.41) is 11.8. The predicted octanol–water partition coefficient (Wildman–Crippen LogP) is 3.39. The van der Waals surface area contributed by atoms with E-state index in [1.54, 1.807) is 0 Å². The van der Waals surface area contributed by atoms with Crippen LogP contribution in [0, 0.1) is 0 Å². The van der Waals surface area contributed by atoms with E-state index in [2.05, 4.69) is 29.6 Å². The minimum Gasteiger partial charge on any atom is -0.481 e. The van der Waals surface area contributed by atoms with Crippen LogP contribution in [0.25, 0.3) is 11.1 Å². The standard InChI is InChI=1S/C26H30N2O6/c1-16(2)28(13-11-23(29)30)25(31)24-22(12-14-33-24)27-26(32)34-15-21-19-9-5-3-7-17(19)18-8-4-6-10-20(18)21/h3-10,16,21-22,24H,11-15H2,1-2H3,(H,27,32)(H,29,30). The number of amides is 2. The predicted molar refractivity (Wildman–Crippen MR) is 125 cm³/mol. The molecule has 1 fully saturated rings. The number of ether oxygens (including phenoxy) is 2. The lowest BCUT2D eigenvalue weighted by Crippen LogP contribution is -2.52. The molecule has 8 nitrogen and oxygen atoms in total. The summed E-state index contributed by atoms with van der Waals surface area (Å²) in [7, 11) is 0. The maximum atomic E-state index is 13.0. The maximum absolute atomic E-state index is 13.0. The second-order valence-corrected chi connectivity index (χ2v) is 8.93. The molecule has 2 aliphatic rings. The van der Waals surface area contributed by atoms with Crippen LogP contribution < -0.4 is 5.32 Å². The molecule has 4 rings (SSSR count). The summed E-state index contributed by atoms with van der Waals surface area (Å²) in [4.78, 5) is 38.2. The van der Waals surface area contributed by atoms with E-state index in [4.69, 9.17) is 14.6 Å². The summed E-state index contributed by atoms with van der Waals surface area (Å²) >= 11 is 0. The van der Waals surface area contributed by atoms with Crippen molar-refractivity contribution >= 4 is 18.0 Å². The minimum atomic E-state index is -0.973. The second-order valence-electron chi connectivity index (χ2n) is 8.93. The van der Waals surface area contributed by atoms with E-state index < -0.39 is 24.2 Å². The lowest BCUT2D eigenvalue weighted by atomic mass is 9.98. The molecule has 0 bridgehead atoms. The number of nitrogens with one attached hydrogen (secondary N) is 1. The average molecular weight is 467 g/mol. The number of hydrogen-bond donors (Lipinski definition) is 2. The molecule has 2 amide bonds. The lowest BCUT2D eigenvalue weighted by Gasteiger charge is -2.30. The molecule has 34 heavy (non-hydrogen) atoms. The van der Waals surface area contributed by atoms with Gasteiger partial charge in [-0.1, -0.05) is 48.5 Å². The van der Waals surface area contributed by atoms with Crippen molar-refractivity contribution in [2.24, 2.45) is 0 Å². The molecule has 2 atom stereocenters. The van der Waals surface area contributed by atoms with Crippen molar-refractivity contribution in [3.05, 3.63) is 59.7 Å². The van der Waals surface area contributed by atoms with Gasteiger partial charge in [-0.2, -0.15) is 0 Å². The smallest absolute Gasteiger partial charge is 0.407 e. The van der Waals surface area contributed by atoms with Gasteiger partial charge in [-0.3, -0.25) is 9.59 Å². The zero-order valence-corrected chi connectivity index (χ0v) is 19.4. The van der Waals surface area contributed by atoms with Crippen molar-refractivity contribution in [3.63, 3.8) is 0 Å². The molecule has 8 heteroatoms. The van der Waals surface area contributed by atoms with Crippen LogP contribution in [0.15, 0.2) is 48.5 Å². The molecule has 180 valence electrons. The molecule has 2 aromatic rings. The van der Waals surface area contributed by atoms with Crippen LogP contribution in [0.5, 0.6) is 0 Å². The van der Waals surface area contributed by atoms with E-state index in [0.29, 0.717) is 13.0 Å². The second kappa shape index (κ2) is 10.3. The van der Waals surface area contributed by atoms with Gasteiger partial charge in [-0.15, -0.1) is 0 Å². The third-order valence-corrected chi connectivity index (χ3v) is 6.46. The Balaban J connectivity index is 1.38. The molecule has 1 heterocycles. The van der Waals surface area contributed by atoms with E-state index >= 15 is 0 Å². The number of benzene rings is 2. The number of hydrogen-bond acceptors (Lipinski definition) is 5. The highest BCUT2D eigenvalue weighted by atomic mass is 16.6. The Hall–Kier alpha value is -3.39. The number of aliphatic carboxylic acids is 1. The summed E-state index contributed by atoms with van der Waals surface area (Å²) in [5.74, 6) is -1.35. The van der Waals surface area contributed by atoms with Gasteiger partial charge >= 0.3 is 12.1 Å². The van der Waals surface area contributed by atoms with Crippen LogP contribution in [0.2, 0.25) is 0 Å².